The van der Waals surface area contributed by atoms with E-state index in [4.69, 9.17) is 0 Å². The summed E-state index contributed by atoms with van der Waals surface area (Å²) in [6.07, 6.45) is 1.58. The quantitative estimate of drug-likeness (QED) is 0.475. The van der Waals surface area contributed by atoms with Gasteiger partial charge in [0.15, 0.2) is 0 Å². The predicted molar refractivity (Wildman–Crippen MR) is 130 cm³/mol. The first-order valence-electron chi connectivity index (χ1n) is 11.3. The van der Waals surface area contributed by atoms with E-state index in [0.717, 1.165) is 22.4 Å². The Morgan fingerprint density at radius 1 is 0.939 bits per heavy atom. The van der Waals surface area contributed by atoms with Gasteiger partial charge in [0.25, 0.3) is 5.91 Å². The zero-order valence-electron chi connectivity index (χ0n) is 18.9. The Hall–Kier alpha value is -3.25. The average Bonchev–Trinajstić information content (AvgIpc) is 3.44. The summed E-state index contributed by atoms with van der Waals surface area (Å²) in [6.45, 7) is 4.66. The van der Waals surface area contributed by atoms with Gasteiger partial charge in [-0.25, -0.2) is 0 Å². The van der Waals surface area contributed by atoms with Crippen molar-refractivity contribution in [2.75, 3.05) is 0 Å². The van der Waals surface area contributed by atoms with Crippen LogP contribution in [0.4, 0.5) is 0 Å². The minimum Gasteiger partial charge on any atom is -0.340 e. The molecule has 1 fully saturated rings. The molecule has 33 heavy (non-hydrogen) atoms. The van der Waals surface area contributed by atoms with Gasteiger partial charge >= 0.3 is 0 Å². The van der Waals surface area contributed by atoms with Crippen LogP contribution in [0.25, 0.3) is 0 Å². The van der Waals surface area contributed by atoms with Crippen LogP contribution in [-0.2, 0) is 22.6 Å². The highest BCUT2D eigenvalue weighted by atomic mass is 32.1. The second kappa shape index (κ2) is 10.1. The van der Waals surface area contributed by atoms with Crippen LogP contribution in [0.5, 0.6) is 0 Å². The average molecular weight is 461 g/mol. The van der Waals surface area contributed by atoms with E-state index >= 15 is 0 Å². The van der Waals surface area contributed by atoms with Gasteiger partial charge in [0, 0.05) is 23.3 Å². The maximum Gasteiger partial charge on any atom is 0.252 e. The number of hydrogen-bond acceptors (Lipinski definition) is 4. The molecule has 1 N–H and O–H groups in total. The van der Waals surface area contributed by atoms with Gasteiger partial charge in [-0.05, 0) is 52.6 Å². The molecule has 1 atom stereocenters. The number of nitrogens with zero attached hydrogens (tertiary/aromatic N) is 1. The van der Waals surface area contributed by atoms with E-state index in [2.05, 4.69) is 43.4 Å². The minimum atomic E-state index is -0.231. The molecule has 0 spiro atoms. The molecular weight excluding hydrogens is 432 g/mol. The molecular formula is C27H28N2O3S. The van der Waals surface area contributed by atoms with Gasteiger partial charge in [0.2, 0.25) is 11.8 Å². The summed E-state index contributed by atoms with van der Waals surface area (Å²) >= 11 is 1.61. The second-order valence-corrected chi connectivity index (χ2v) is 9.81. The van der Waals surface area contributed by atoms with Crippen molar-refractivity contribution in [1.82, 2.24) is 10.2 Å². The smallest absolute Gasteiger partial charge is 0.252 e. The molecule has 3 amide bonds. The van der Waals surface area contributed by atoms with Crippen LogP contribution in [0.2, 0.25) is 0 Å². The molecule has 2 heterocycles. The van der Waals surface area contributed by atoms with Gasteiger partial charge in [-0.1, -0.05) is 56.3 Å². The Morgan fingerprint density at radius 2 is 1.58 bits per heavy atom. The summed E-state index contributed by atoms with van der Waals surface area (Å²) in [6, 6.07) is 19.3. The molecule has 0 saturated carbocycles. The molecule has 170 valence electrons. The largest absolute Gasteiger partial charge is 0.340 e. The van der Waals surface area contributed by atoms with Gasteiger partial charge < -0.3 is 5.32 Å². The molecule has 6 heteroatoms. The number of imide groups is 1. The maximum absolute atomic E-state index is 13.1. The molecule has 4 rings (SSSR count). The lowest BCUT2D eigenvalue weighted by Gasteiger charge is -2.19. The number of likely N-dealkylation sites (tertiary alicyclic amines) is 1. The molecule has 1 aliphatic rings. The summed E-state index contributed by atoms with van der Waals surface area (Å²) in [4.78, 5) is 39.1. The summed E-state index contributed by atoms with van der Waals surface area (Å²) in [5, 5.41) is 5.18. The lowest BCUT2D eigenvalue weighted by Crippen LogP contribution is -2.29. The van der Waals surface area contributed by atoms with Crippen molar-refractivity contribution in [3.05, 3.63) is 93.2 Å². The third-order valence-corrected chi connectivity index (χ3v) is 6.71. The van der Waals surface area contributed by atoms with Gasteiger partial charge in [0.05, 0.1) is 12.6 Å². The third kappa shape index (κ3) is 5.57. The van der Waals surface area contributed by atoms with E-state index in [1.165, 1.54) is 10.5 Å². The number of amides is 3. The highest BCUT2D eigenvalue weighted by Crippen LogP contribution is 2.27. The molecule has 1 aliphatic heterocycles. The number of carbonyl (C=O) groups is 3. The van der Waals surface area contributed by atoms with Crippen molar-refractivity contribution in [3.8, 4) is 0 Å². The van der Waals surface area contributed by atoms with Gasteiger partial charge in [-0.3, -0.25) is 19.3 Å². The third-order valence-electron chi connectivity index (χ3n) is 5.77. The molecule has 2 aromatic carbocycles. The first-order valence-corrected chi connectivity index (χ1v) is 12.1. The zero-order valence-corrected chi connectivity index (χ0v) is 19.7. The van der Waals surface area contributed by atoms with E-state index in [9.17, 15) is 14.4 Å². The number of benzene rings is 2. The molecule has 0 bridgehead atoms. The fourth-order valence-corrected chi connectivity index (χ4v) is 4.85. The molecule has 1 aromatic heterocycles. The molecule has 5 nitrogen and oxygen atoms in total. The SMILES string of the molecule is CC(C)Cc1ccc(C(NC(=O)c2ccc(CN3C(=O)CCC3=O)cc2)c2cccs2)cc1. The summed E-state index contributed by atoms with van der Waals surface area (Å²) in [5.74, 6) is 0.146. The molecule has 1 saturated heterocycles. The lowest BCUT2D eigenvalue weighted by molar-refractivity contribution is -0.139. The fraction of sp³-hybridized carbons (Fsp3) is 0.296. The minimum absolute atomic E-state index is 0.139. The first-order chi connectivity index (χ1) is 15.9. The molecule has 0 aliphatic carbocycles. The van der Waals surface area contributed by atoms with Crippen molar-refractivity contribution >= 4 is 29.1 Å². The lowest BCUT2D eigenvalue weighted by atomic mass is 9.98. The van der Waals surface area contributed by atoms with Crippen LogP contribution >= 0.6 is 11.3 Å². The van der Waals surface area contributed by atoms with Crippen molar-refractivity contribution in [2.24, 2.45) is 5.92 Å². The van der Waals surface area contributed by atoms with Gasteiger partial charge in [-0.15, -0.1) is 11.3 Å². The number of thiophene rings is 1. The van der Waals surface area contributed by atoms with E-state index in [1.807, 2.05) is 17.5 Å². The Balaban J connectivity index is 1.48. The Labute approximate surface area is 198 Å². The van der Waals surface area contributed by atoms with Crippen LogP contribution in [0.15, 0.2) is 66.0 Å². The number of hydrogen-bond donors (Lipinski definition) is 1. The van der Waals surface area contributed by atoms with Crippen LogP contribution in [0.3, 0.4) is 0 Å². The van der Waals surface area contributed by atoms with Gasteiger partial charge in [0.1, 0.15) is 0 Å². The second-order valence-electron chi connectivity index (χ2n) is 8.83. The van der Waals surface area contributed by atoms with E-state index < -0.39 is 0 Å². The van der Waals surface area contributed by atoms with Crippen LogP contribution in [0, 0.1) is 5.92 Å². The van der Waals surface area contributed by atoms with E-state index in [1.54, 1.807) is 35.6 Å². The summed E-state index contributed by atoms with van der Waals surface area (Å²) in [7, 11) is 0. The molecule has 1 unspecified atom stereocenters. The van der Waals surface area contributed by atoms with Crippen LogP contribution in [-0.4, -0.2) is 22.6 Å². The van der Waals surface area contributed by atoms with Crippen molar-refractivity contribution in [1.29, 1.82) is 0 Å². The highest BCUT2D eigenvalue weighted by Gasteiger charge is 2.28. The van der Waals surface area contributed by atoms with E-state index in [-0.39, 0.29) is 43.1 Å². The van der Waals surface area contributed by atoms with Crippen molar-refractivity contribution in [3.63, 3.8) is 0 Å². The van der Waals surface area contributed by atoms with E-state index in [0.29, 0.717) is 11.5 Å². The molecule has 3 aromatic rings. The number of nitrogens with one attached hydrogen (secondary N) is 1. The monoisotopic (exact) mass is 460 g/mol. The van der Waals surface area contributed by atoms with Crippen molar-refractivity contribution in [2.45, 2.75) is 45.7 Å². The first kappa shape index (κ1) is 22.9. The summed E-state index contributed by atoms with van der Waals surface area (Å²) in [5.41, 5.74) is 3.69. The van der Waals surface area contributed by atoms with Gasteiger partial charge in [-0.2, -0.15) is 0 Å². The fourth-order valence-electron chi connectivity index (χ4n) is 4.05. The zero-order chi connectivity index (χ0) is 23.4. The van der Waals surface area contributed by atoms with Crippen LogP contribution in [0.1, 0.15) is 64.7 Å². The highest BCUT2D eigenvalue weighted by molar-refractivity contribution is 7.10. The maximum atomic E-state index is 13.1. The van der Waals surface area contributed by atoms with Crippen molar-refractivity contribution < 1.29 is 14.4 Å². The van der Waals surface area contributed by atoms with Crippen LogP contribution < -0.4 is 5.32 Å². The standard InChI is InChI=1S/C27H28N2O3S/c1-18(2)16-19-5-9-21(10-6-19)26(23-4-3-15-33-23)28-27(32)22-11-7-20(8-12-22)17-29-24(30)13-14-25(29)31/h3-12,15,18,26H,13-14,16-17H2,1-2H3,(H,28,32). The normalized spacial score (nSPS) is 14.7. The Morgan fingerprint density at radius 3 is 2.15 bits per heavy atom. The summed E-state index contributed by atoms with van der Waals surface area (Å²) < 4.78 is 0. The predicted octanol–water partition coefficient (Wildman–Crippen LogP) is 5.12. The Kier molecular flexibility index (Phi) is 7.04. The Bertz CT molecular complexity index is 1100. The number of carbonyl (C=O) groups excluding carboxylic acids is 3. The number of rotatable bonds is 8. The topological polar surface area (TPSA) is 66.5 Å². The molecule has 0 radical (unpaired) electrons.